The van der Waals surface area contributed by atoms with E-state index in [1.165, 1.54) is 30.8 Å². The van der Waals surface area contributed by atoms with Gasteiger partial charge in [-0.25, -0.2) is 0 Å². The van der Waals surface area contributed by atoms with Crippen LogP contribution in [0.1, 0.15) is 31.0 Å². The predicted molar refractivity (Wildman–Crippen MR) is 79.4 cm³/mol. The minimum atomic E-state index is 0.557. The highest BCUT2D eigenvalue weighted by Crippen LogP contribution is 2.24. The molecule has 0 bridgehead atoms. The number of rotatable bonds is 5. The fraction of sp³-hybridized carbons (Fsp3) is 0.786. The van der Waals surface area contributed by atoms with Crippen molar-refractivity contribution >= 4 is 5.82 Å². The molecule has 0 amide bonds. The Bertz CT molecular complexity index is 426. The molecule has 2 rings (SSSR count). The van der Waals surface area contributed by atoms with E-state index in [0.717, 1.165) is 18.8 Å². The number of hydrogen-bond donors (Lipinski definition) is 1. The lowest BCUT2D eigenvalue weighted by Crippen LogP contribution is -2.39. The normalized spacial score (nSPS) is 20.2. The van der Waals surface area contributed by atoms with Crippen molar-refractivity contribution < 1.29 is 0 Å². The van der Waals surface area contributed by atoms with Crippen LogP contribution in [0.15, 0.2) is 0 Å². The lowest BCUT2D eigenvalue weighted by molar-refractivity contribution is 0.270. The van der Waals surface area contributed by atoms with E-state index in [4.69, 9.17) is 5.73 Å². The van der Waals surface area contributed by atoms with E-state index in [1.807, 2.05) is 18.7 Å². The maximum absolute atomic E-state index is 5.87. The summed E-state index contributed by atoms with van der Waals surface area (Å²) in [6.07, 6.45) is 2.62. The smallest absolute Gasteiger partial charge is 0.131 e. The molecule has 19 heavy (non-hydrogen) atoms. The largest absolute Gasteiger partial charge is 0.358 e. The van der Waals surface area contributed by atoms with Gasteiger partial charge in [0.2, 0.25) is 0 Å². The Hall–Kier alpha value is -1.07. The summed E-state index contributed by atoms with van der Waals surface area (Å²) in [5, 5.41) is 4.50. The summed E-state index contributed by atoms with van der Waals surface area (Å²) < 4.78 is 1.96. The molecular formula is C14H27N5. The number of hydrogen-bond acceptors (Lipinski definition) is 4. The number of aromatic nitrogens is 2. The van der Waals surface area contributed by atoms with Crippen LogP contribution in [-0.4, -0.2) is 47.4 Å². The average molecular weight is 265 g/mol. The fourth-order valence-electron chi connectivity index (χ4n) is 3.33. The third-order valence-corrected chi connectivity index (χ3v) is 4.27. The number of likely N-dealkylation sites (tertiary alicyclic amines) is 1. The predicted octanol–water partition coefficient (Wildman–Crippen LogP) is 1.11. The molecule has 1 aliphatic rings. The lowest BCUT2D eigenvalue weighted by Gasteiger charge is -2.29. The van der Waals surface area contributed by atoms with Gasteiger partial charge in [0, 0.05) is 38.8 Å². The summed E-state index contributed by atoms with van der Waals surface area (Å²) in [4.78, 5) is 4.89. The van der Waals surface area contributed by atoms with E-state index in [2.05, 4.69) is 28.9 Å². The minimum Gasteiger partial charge on any atom is -0.358 e. The van der Waals surface area contributed by atoms with Gasteiger partial charge in [0.25, 0.3) is 0 Å². The van der Waals surface area contributed by atoms with Gasteiger partial charge in [-0.1, -0.05) is 6.92 Å². The molecule has 1 fully saturated rings. The molecule has 1 unspecified atom stereocenters. The molecule has 5 nitrogen and oxygen atoms in total. The Labute approximate surface area is 116 Å². The van der Waals surface area contributed by atoms with Gasteiger partial charge >= 0.3 is 0 Å². The first-order valence-corrected chi connectivity index (χ1v) is 7.26. The van der Waals surface area contributed by atoms with Crippen LogP contribution in [0.4, 0.5) is 5.82 Å². The first-order valence-electron chi connectivity index (χ1n) is 7.26. The molecule has 0 saturated carbocycles. The van der Waals surface area contributed by atoms with Crippen molar-refractivity contribution in [2.24, 2.45) is 12.8 Å². The van der Waals surface area contributed by atoms with Crippen LogP contribution in [0, 0.1) is 6.92 Å². The third-order valence-electron chi connectivity index (χ3n) is 4.27. The second kappa shape index (κ2) is 5.92. The highest BCUT2D eigenvalue weighted by atomic mass is 15.4. The zero-order valence-electron chi connectivity index (χ0n) is 12.7. The third kappa shape index (κ3) is 2.77. The monoisotopic (exact) mass is 265 g/mol. The Morgan fingerprint density at radius 1 is 1.47 bits per heavy atom. The van der Waals surface area contributed by atoms with Crippen LogP contribution < -0.4 is 10.6 Å². The van der Waals surface area contributed by atoms with E-state index in [1.54, 1.807) is 0 Å². The zero-order chi connectivity index (χ0) is 14.0. The SMILES string of the molecule is CCN1CCCC1CN(C)c1c(CN)c(C)nn1C. The van der Waals surface area contributed by atoms with E-state index < -0.39 is 0 Å². The van der Waals surface area contributed by atoms with Crippen LogP contribution >= 0.6 is 0 Å². The van der Waals surface area contributed by atoms with Gasteiger partial charge in [0.05, 0.1) is 5.69 Å². The molecule has 1 aliphatic heterocycles. The van der Waals surface area contributed by atoms with Crippen molar-refractivity contribution in [1.82, 2.24) is 14.7 Å². The molecule has 1 saturated heterocycles. The van der Waals surface area contributed by atoms with Crippen LogP contribution in [0.3, 0.4) is 0 Å². The van der Waals surface area contributed by atoms with Crippen molar-refractivity contribution in [3.63, 3.8) is 0 Å². The van der Waals surface area contributed by atoms with Gasteiger partial charge in [0.1, 0.15) is 5.82 Å². The molecular weight excluding hydrogens is 238 g/mol. The summed E-state index contributed by atoms with van der Waals surface area (Å²) in [7, 11) is 4.16. The Kier molecular flexibility index (Phi) is 4.47. The molecule has 1 aromatic heterocycles. The molecule has 0 aliphatic carbocycles. The van der Waals surface area contributed by atoms with Crippen molar-refractivity contribution in [2.45, 2.75) is 39.3 Å². The standard InChI is InChI=1S/C14H27N5/c1-5-19-8-6-7-12(19)10-17(3)14-13(9-15)11(2)16-18(14)4/h12H,5-10,15H2,1-4H3. The van der Waals surface area contributed by atoms with Gasteiger partial charge in [-0.2, -0.15) is 5.10 Å². The molecule has 1 aromatic rings. The van der Waals surface area contributed by atoms with Crippen molar-refractivity contribution in [3.8, 4) is 0 Å². The summed E-state index contributed by atoms with van der Waals surface area (Å²) in [6.45, 7) is 8.28. The molecule has 108 valence electrons. The fourth-order valence-corrected chi connectivity index (χ4v) is 3.33. The quantitative estimate of drug-likeness (QED) is 0.866. The Morgan fingerprint density at radius 3 is 2.84 bits per heavy atom. The van der Waals surface area contributed by atoms with Gasteiger partial charge in [-0.3, -0.25) is 9.58 Å². The van der Waals surface area contributed by atoms with Gasteiger partial charge in [0.15, 0.2) is 0 Å². The van der Waals surface area contributed by atoms with Gasteiger partial charge in [-0.15, -0.1) is 0 Å². The van der Waals surface area contributed by atoms with E-state index in [0.29, 0.717) is 12.6 Å². The van der Waals surface area contributed by atoms with Gasteiger partial charge < -0.3 is 10.6 Å². The summed E-state index contributed by atoms with van der Waals surface area (Å²) in [5.41, 5.74) is 8.09. The molecule has 0 spiro atoms. The first-order chi connectivity index (χ1) is 9.08. The molecule has 2 heterocycles. The molecule has 5 heteroatoms. The molecule has 2 N–H and O–H groups in total. The second-order valence-corrected chi connectivity index (χ2v) is 5.52. The van der Waals surface area contributed by atoms with E-state index >= 15 is 0 Å². The number of anilines is 1. The second-order valence-electron chi connectivity index (χ2n) is 5.52. The van der Waals surface area contributed by atoms with Crippen LogP contribution in [0.5, 0.6) is 0 Å². The summed E-state index contributed by atoms with van der Waals surface area (Å²) in [5.74, 6) is 1.17. The maximum atomic E-state index is 5.87. The molecule has 0 aromatic carbocycles. The highest BCUT2D eigenvalue weighted by molar-refractivity contribution is 5.49. The number of likely N-dealkylation sites (N-methyl/N-ethyl adjacent to an activating group) is 2. The Morgan fingerprint density at radius 2 is 2.21 bits per heavy atom. The number of nitrogens with zero attached hydrogens (tertiary/aromatic N) is 4. The minimum absolute atomic E-state index is 0.557. The molecule has 0 radical (unpaired) electrons. The average Bonchev–Trinajstić information content (AvgIpc) is 2.92. The van der Waals surface area contributed by atoms with Crippen molar-refractivity contribution in [3.05, 3.63) is 11.3 Å². The van der Waals surface area contributed by atoms with E-state index in [9.17, 15) is 0 Å². The summed E-state index contributed by atoms with van der Waals surface area (Å²) in [6, 6.07) is 0.663. The van der Waals surface area contributed by atoms with Crippen LogP contribution in [-0.2, 0) is 13.6 Å². The van der Waals surface area contributed by atoms with Crippen molar-refractivity contribution in [2.75, 3.05) is 31.6 Å². The Balaban J connectivity index is 2.13. The summed E-state index contributed by atoms with van der Waals surface area (Å²) >= 11 is 0. The molecule has 1 atom stereocenters. The number of nitrogens with two attached hydrogens (primary N) is 1. The zero-order valence-corrected chi connectivity index (χ0v) is 12.7. The number of aryl methyl sites for hydroxylation is 2. The highest BCUT2D eigenvalue weighted by Gasteiger charge is 2.26. The van der Waals surface area contributed by atoms with Crippen LogP contribution in [0.25, 0.3) is 0 Å². The first kappa shape index (κ1) is 14.3. The van der Waals surface area contributed by atoms with Crippen LogP contribution in [0.2, 0.25) is 0 Å². The maximum Gasteiger partial charge on any atom is 0.131 e. The van der Waals surface area contributed by atoms with Gasteiger partial charge in [-0.05, 0) is 32.9 Å². The topological polar surface area (TPSA) is 50.3 Å². The van der Waals surface area contributed by atoms with Crippen molar-refractivity contribution in [1.29, 1.82) is 0 Å². The lowest BCUT2D eigenvalue weighted by atomic mass is 10.2. The van der Waals surface area contributed by atoms with E-state index in [-0.39, 0.29) is 0 Å².